The van der Waals surface area contributed by atoms with Gasteiger partial charge in [-0.3, -0.25) is 9.69 Å². The number of nitrogens with zero attached hydrogens (tertiary/aromatic N) is 2. The van der Waals surface area contributed by atoms with E-state index in [9.17, 15) is 4.79 Å². The van der Waals surface area contributed by atoms with Gasteiger partial charge in [0.25, 0.3) is 0 Å². The van der Waals surface area contributed by atoms with E-state index in [0.717, 1.165) is 39.1 Å². The molecule has 1 N–H and O–H groups in total. The van der Waals surface area contributed by atoms with Crippen molar-refractivity contribution in [2.45, 2.75) is 39.2 Å². The molecular formula is C19H31N3O. The molecule has 0 saturated carbocycles. The number of likely N-dealkylation sites (N-methyl/N-ethyl adjacent to an activating group) is 1. The summed E-state index contributed by atoms with van der Waals surface area (Å²) in [6.45, 7) is 12.4. The number of carbonyl (C=O) groups is 1. The van der Waals surface area contributed by atoms with Crippen LogP contribution in [0.15, 0.2) is 30.3 Å². The van der Waals surface area contributed by atoms with E-state index in [1.165, 1.54) is 5.56 Å². The maximum absolute atomic E-state index is 12.5. The molecule has 0 radical (unpaired) electrons. The fourth-order valence-electron chi connectivity index (χ4n) is 3.16. The van der Waals surface area contributed by atoms with Crippen LogP contribution in [0.5, 0.6) is 0 Å². The van der Waals surface area contributed by atoms with Gasteiger partial charge in [0.1, 0.15) is 0 Å². The third kappa shape index (κ3) is 5.33. The summed E-state index contributed by atoms with van der Waals surface area (Å²) >= 11 is 0. The van der Waals surface area contributed by atoms with Gasteiger partial charge in [0.15, 0.2) is 0 Å². The maximum Gasteiger partial charge on any atom is 0.237 e. The molecule has 1 aliphatic heterocycles. The van der Waals surface area contributed by atoms with E-state index in [4.69, 9.17) is 0 Å². The first-order valence-corrected chi connectivity index (χ1v) is 8.91. The Morgan fingerprint density at radius 2 is 1.87 bits per heavy atom. The quantitative estimate of drug-likeness (QED) is 0.875. The Labute approximate surface area is 140 Å². The van der Waals surface area contributed by atoms with E-state index in [1.54, 1.807) is 0 Å². The van der Waals surface area contributed by atoms with Gasteiger partial charge in [-0.1, -0.05) is 44.2 Å². The molecule has 0 bridgehead atoms. The van der Waals surface area contributed by atoms with Gasteiger partial charge in [0, 0.05) is 26.2 Å². The summed E-state index contributed by atoms with van der Waals surface area (Å²) in [5, 5.41) is 3.13. The summed E-state index contributed by atoms with van der Waals surface area (Å²) in [4.78, 5) is 17.3. The van der Waals surface area contributed by atoms with Crippen LogP contribution in [0.2, 0.25) is 0 Å². The molecule has 1 saturated heterocycles. The molecule has 2 rings (SSSR count). The third-order valence-corrected chi connectivity index (χ3v) is 4.95. The van der Waals surface area contributed by atoms with Crippen molar-refractivity contribution in [1.82, 2.24) is 15.1 Å². The first-order chi connectivity index (χ1) is 11.1. The zero-order valence-electron chi connectivity index (χ0n) is 14.8. The van der Waals surface area contributed by atoms with Crippen LogP contribution in [0.1, 0.15) is 38.7 Å². The van der Waals surface area contributed by atoms with Crippen LogP contribution in [0.25, 0.3) is 0 Å². The molecule has 1 heterocycles. The number of nitrogens with one attached hydrogen (secondary N) is 1. The van der Waals surface area contributed by atoms with Crippen LogP contribution in [0.3, 0.4) is 0 Å². The van der Waals surface area contributed by atoms with E-state index in [1.807, 2.05) is 25.1 Å². The third-order valence-electron chi connectivity index (χ3n) is 4.95. The Hall–Kier alpha value is -1.39. The summed E-state index contributed by atoms with van der Waals surface area (Å²) in [7, 11) is 0. The number of carbonyl (C=O) groups excluding carboxylic acids is 1. The number of rotatable bonds is 6. The van der Waals surface area contributed by atoms with E-state index in [2.05, 4.69) is 41.1 Å². The molecule has 128 valence electrons. The molecule has 23 heavy (non-hydrogen) atoms. The minimum absolute atomic E-state index is 0.0465. The van der Waals surface area contributed by atoms with E-state index < -0.39 is 0 Å². The van der Waals surface area contributed by atoms with Crippen molar-refractivity contribution in [3.8, 4) is 0 Å². The number of hydrogen-bond donors (Lipinski definition) is 1. The van der Waals surface area contributed by atoms with E-state index in [0.29, 0.717) is 12.5 Å². The second-order valence-corrected chi connectivity index (χ2v) is 6.56. The summed E-state index contributed by atoms with van der Waals surface area (Å²) in [6, 6.07) is 10.3. The van der Waals surface area contributed by atoms with Gasteiger partial charge in [0.05, 0.1) is 6.04 Å². The molecule has 0 aliphatic carbocycles. The van der Waals surface area contributed by atoms with Gasteiger partial charge in [-0.2, -0.15) is 0 Å². The summed E-state index contributed by atoms with van der Waals surface area (Å²) in [5.74, 6) is 0.491. The Bertz CT molecular complexity index is 477. The molecule has 1 aliphatic rings. The first-order valence-electron chi connectivity index (χ1n) is 8.91. The standard InChI is InChI=1S/C19H31N3O/c1-4-21-11-8-12-22(14-13-21)17(3)19(23)20-15-16(2)18-9-6-5-7-10-18/h5-7,9-10,16-17H,4,8,11-15H2,1-3H3,(H,20,23). The Morgan fingerprint density at radius 1 is 1.13 bits per heavy atom. The predicted molar refractivity (Wildman–Crippen MR) is 95.6 cm³/mol. The fourth-order valence-corrected chi connectivity index (χ4v) is 3.16. The smallest absolute Gasteiger partial charge is 0.237 e. The molecule has 1 aromatic rings. The van der Waals surface area contributed by atoms with Crippen molar-refractivity contribution < 1.29 is 4.79 Å². The van der Waals surface area contributed by atoms with Crippen molar-refractivity contribution in [2.24, 2.45) is 0 Å². The Kier molecular flexibility index (Phi) is 7.06. The van der Waals surface area contributed by atoms with Crippen LogP contribution in [-0.4, -0.2) is 61.0 Å². The molecule has 4 heteroatoms. The lowest BCUT2D eigenvalue weighted by molar-refractivity contribution is -0.125. The minimum Gasteiger partial charge on any atom is -0.354 e. The highest BCUT2D eigenvalue weighted by Gasteiger charge is 2.23. The molecule has 0 aromatic heterocycles. The molecule has 2 unspecified atom stereocenters. The lowest BCUT2D eigenvalue weighted by Crippen LogP contribution is -2.47. The molecule has 2 atom stereocenters. The second-order valence-electron chi connectivity index (χ2n) is 6.56. The van der Waals surface area contributed by atoms with Crippen LogP contribution < -0.4 is 5.32 Å². The molecule has 1 fully saturated rings. The van der Waals surface area contributed by atoms with Crippen molar-refractivity contribution in [2.75, 3.05) is 39.3 Å². The van der Waals surface area contributed by atoms with Gasteiger partial charge >= 0.3 is 0 Å². The SMILES string of the molecule is CCN1CCCN(C(C)C(=O)NCC(C)c2ccccc2)CC1. The van der Waals surface area contributed by atoms with E-state index in [-0.39, 0.29) is 11.9 Å². The molecule has 4 nitrogen and oxygen atoms in total. The van der Waals surface area contributed by atoms with Crippen molar-refractivity contribution in [3.05, 3.63) is 35.9 Å². The van der Waals surface area contributed by atoms with Crippen LogP contribution >= 0.6 is 0 Å². The zero-order valence-corrected chi connectivity index (χ0v) is 14.8. The molecule has 1 amide bonds. The van der Waals surface area contributed by atoms with Gasteiger partial charge in [0.2, 0.25) is 5.91 Å². The lowest BCUT2D eigenvalue weighted by Gasteiger charge is -2.27. The highest BCUT2D eigenvalue weighted by atomic mass is 16.2. The van der Waals surface area contributed by atoms with Gasteiger partial charge < -0.3 is 10.2 Å². The van der Waals surface area contributed by atoms with Gasteiger partial charge in [-0.05, 0) is 37.9 Å². The fraction of sp³-hybridized carbons (Fsp3) is 0.632. The predicted octanol–water partition coefficient (Wildman–Crippen LogP) is 2.32. The second kappa shape index (κ2) is 9.04. The topological polar surface area (TPSA) is 35.6 Å². The normalized spacial score (nSPS) is 19.8. The maximum atomic E-state index is 12.5. The van der Waals surface area contributed by atoms with Crippen LogP contribution in [-0.2, 0) is 4.79 Å². The summed E-state index contributed by atoms with van der Waals surface area (Å²) < 4.78 is 0. The summed E-state index contributed by atoms with van der Waals surface area (Å²) in [6.07, 6.45) is 1.14. The Balaban J connectivity index is 1.80. The van der Waals surface area contributed by atoms with Crippen molar-refractivity contribution >= 4 is 5.91 Å². The largest absolute Gasteiger partial charge is 0.354 e. The van der Waals surface area contributed by atoms with Crippen LogP contribution in [0, 0.1) is 0 Å². The summed E-state index contributed by atoms with van der Waals surface area (Å²) in [5.41, 5.74) is 1.27. The van der Waals surface area contributed by atoms with Crippen molar-refractivity contribution in [1.29, 1.82) is 0 Å². The van der Waals surface area contributed by atoms with Gasteiger partial charge in [-0.15, -0.1) is 0 Å². The minimum atomic E-state index is -0.0465. The average Bonchev–Trinajstić information content (AvgIpc) is 2.85. The molecule has 1 aromatic carbocycles. The first kappa shape index (κ1) is 18.0. The van der Waals surface area contributed by atoms with Crippen LogP contribution in [0.4, 0.5) is 0 Å². The van der Waals surface area contributed by atoms with Crippen molar-refractivity contribution in [3.63, 3.8) is 0 Å². The lowest BCUT2D eigenvalue weighted by atomic mass is 10.0. The molecular weight excluding hydrogens is 286 g/mol. The molecule has 0 spiro atoms. The highest BCUT2D eigenvalue weighted by molar-refractivity contribution is 5.81. The van der Waals surface area contributed by atoms with E-state index >= 15 is 0 Å². The average molecular weight is 317 g/mol. The number of hydrogen-bond acceptors (Lipinski definition) is 3. The Morgan fingerprint density at radius 3 is 2.57 bits per heavy atom. The zero-order chi connectivity index (χ0) is 16.7. The number of benzene rings is 1. The van der Waals surface area contributed by atoms with Gasteiger partial charge in [-0.25, -0.2) is 0 Å². The highest BCUT2D eigenvalue weighted by Crippen LogP contribution is 2.13. The number of amides is 1. The monoisotopic (exact) mass is 317 g/mol.